The maximum absolute atomic E-state index is 4.10. The number of hydrogen-bond donors (Lipinski definition) is 2. The standard InChI is InChI=1S/C11H17NS/c1-9-3-4-10(2)11(7-9)5-6-12-8-13/h3-4,7,12-13H,5-6,8H2,1-2H3. The van der Waals surface area contributed by atoms with Gasteiger partial charge in [0, 0.05) is 5.88 Å². The number of thiol groups is 1. The molecular weight excluding hydrogens is 178 g/mol. The lowest BCUT2D eigenvalue weighted by Crippen LogP contribution is -2.15. The van der Waals surface area contributed by atoms with Crippen molar-refractivity contribution >= 4 is 12.6 Å². The van der Waals surface area contributed by atoms with Crippen LogP contribution in [-0.2, 0) is 6.42 Å². The molecule has 0 aliphatic rings. The third kappa shape index (κ3) is 3.41. The van der Waals surface area contributed by atoms with Crippen molar-refractivity contribution in [3.05, 3.63) is 34.9 Å². The van der Waals surface area contributed by atoms with Crippen LogP contribution < -0.4 is 5.32 Å². The van der Waals surface area contributed by atoms with Gasteiger partial charge in [0.2, 0.25) is 0 Å². The van der Waals surface area contributed by atoms with E-state index in [4.69, 9.17) is 0 Å². The number of nitrogens with one attached hydrogen (secondary N) is 1. The average molecular weight is 195 g/mol. The second-order valence-electron chi connectivity index (χ2n) is 3.34. The molecule has 0 radical (unpaired) electrons. The zero-order valence-corrected chi connectivity index (χ0v) is 9.20. The fourth-order valence-corrected chi connectivity index (χ4v) is 1.53. The summed E-state index contributed by atoms with van der Waals surface area (Å²) < 4.78 is 0. The fourth-order valence-electron chi connectivity index (χ4n) is 1.37. The van der Waals surface area contributed by atoms with Crippen LogP contribution in [0.4, 0.5) is 0 Å². The van der Waals surface area contributed by atoms with Gasteiger partial charge >= 0.3 is 0 Å². The predicted molar refractivity (Wildman–Crippen MR) is 61.5 cm³/mol. The van der Waals surface area contributed by atoms with Gasteiger partial charge in [-0.15, -0.1) is 0 Å². The van der Waals surface area contributed by atoms with E-state index in [0.717, 1.165) is 18.8 Å². The number of aryl methyl sites for hydroxylation is 2. The second kappa shape index (κ2) is 5.30. The first-order valence-electron chi connectivity index (χ1n) is 4.61. The van der Waals surface area contributed by atoms with Crippen LogP contribution >= 0.6 is 12.6 Å². The molecule has 0 bridgehead atoms. The minimum Gasteiger partial charge on any atom is -0.308 e. The van der Waals surface area contributed by atoms with E-state index in [2.05, 4.69) is 50.0 Å². The van der Waals surface area contributed by atoms with Gasteiger partial charge in [-0.25, -0.2) is 0 Å². The average Bonchev–Trinajstić information content (AvgIpc) is 2.11. The first kappa shape index (κ1) is 10.6. The molecule has 13 heavy (non-hydrogen) atoms. The molecule has 0 unspecified atom stereocenters. The van der Waals surface area contributed by atoms with E-state index in [1.165, 1.54) is 16.7 Å². The summed E-state index contributed by atoms with van der Waals surface area (Å²) in [6.45, 7) is 5.30. The van der Waals surface area contributed by atoms with Crippen LogP contribution in [0.15, 0.2) is 18.2 Å². The summed E-state index contributed by atoms with van der Waals surface area (Å²) >= 11 is 4.10. The van der Waals surface area contributed by atoms with Crippen molar-refractivity contribution in [3.63, 3.8) is 0 Å². The largest absolute Gasteiger partial charge is 0.308 e. The summed E-state index contributed by atoms with van der Waals surface area (Å²) in [6, 6.07) is 6.60. The van der Waals surface area contributed by atoms with Crippen LogP contribution in [0.5, 0.6) is 0 Å². The Bertz CT molecular complexity index is 271. The van der Waals surface area contributed by atoms with Crippen LogP contribution in [0.3, 0.4) is 0 Å². The second-order valence-corrected chi connectivity index (χ2v) is 3.65. The highest BCUT2D eigenvalue weighted by molar-refractivity contribution is 7.80. The summed E-state index contributed by atoms with van der Waals surface area (Å²) in [5.41, 5.74) is 4.16. The van der Waals surface area contributed by atoms with Gasteiger partial charge in [-0.1, -0.05) is 23.8 Å². The Hall–Kier alpha value is -0.470. The van der Waals surface area contributed by atoms with E-state index in [0.29, 0.717) is 0 Å². The zero-order valence-electron chi connectivity index (χ0n) is 8.30. The van der Waals surface area contributed by atoms with Gasteiger partial charge in [0.15, 0.2) is 0 Å². The lowest BCUT2D eigenvalue weighted by atomic mass is 10.0. The van der Waals surface area contributed by atoms with E-state index in [1.54, 1.807) is 0 Å². The summed E-state index contributed by atoms with van der Waals surface area (Å²) in [4.78, 5) is 0. The molecule has 0 fully saturated rings. The molecular formula is C11H17NS. The molecule has 1 rings (SSSR count). The normalized spacial score (nSPS) is 10.4. The molecule has 1 aromatic rings. The smallest absolute Gasteiger partial charge is 0.0387 e. The lowest BCUT2D eigenvalue weighted by Gasteiger charge is -2.06. The summed E-state index contributed by atoms with van der Waals surface area (Å²) in [5, 5.41) is 3.21. The summed E-state index contributed by atoms with van der Waals surface area (Å²) in [5.74, 6) is 0.755. The van der Waals surface area contributed by atoms with E-state index in [-0.39, 0.29) is 0 Å². The SMILES string of the molecule is Cc1ccc(C)c(CCNCS)c1. The van der Waals surface area contributed by atoms with Gasteiger partial charge in [0.05, 0.1) is 0 Å². The summed E-state index contributed by atoms with van der Waals surface area (Å²) in [7, 11) is 0. The van der Waals surface area contributed by atoms with Gasteiger partial charge < -0.3 is 5.32 Å². The summed E-state index contributed by atoms with van der Waals surface area (Å²) in [6.07, 6.45) is 1.09. The first-order chi connectivity index (χ1) is 6.24. The Morgan fingerprint density at radius 1 is 1.31 bits per heavy atom. The molecule has 2 heteroatoms. The Morgan fingerprint density at radius 3 is 2.77 bits per heavy atom. The van der Waals surface area contributed by atoms with Crippen molar-refractivity contribution in [1.29, 1.82) is 0 Å². The first-order valence-corrected chi connectivity index (χ1v) is 5.25. The predicted octanol–water partition coefficient (Wildman–Crippen LogP) is 2.32. The highest BCUT2D eigenvalue weighted by Crippen LogP contribution is 2.10. The molecule has 1 nitrogen and oxygen atoms in total. The number of hydrogen-bond acceptors (Lipinski definition) is 2. The molecule has 1 aromatic carbocycles. The topological polar surface area (TPSA) is 12.0 Å². The molecule has 0 heterocycles. The van der Waals surface area contributed by atoms with Crippen LogP contribution in [-0.4, -0.2) is 12.4 Å². The van der Waals surface area contributed by atoms with E-state index < -0.39 is 0 Å². The van der Waals surface area contributed by atoms with Gasteiger partial charge in [-0.05, 0) is 37.9 Å². The number of benzene rings is 1. The van der Waals surface area contributed by atoms with Crippen molar-refractivity contribution in [1.82, 2.24) is 5.32 Å². The maximum atomic E-state index is 4.10. The van der Waals surface area contributed by atoms with Crippen LogP contribution in [0, 0.1) is 13.8 Å². The van der Waals surface area contributed by atoms with Gasteiger partial charge in [-0.3, -0.25) is 0 Å². The van der Waals surface area contributed by atoms with Crippen molar-refractivity contribution in [2.75, 3.05) is 12.4 Å². The van der Waals surface area contributed by atoms with Crippen LogP contribution in [0.2, 0.25) is 0 Å². The third-order valence-corrected chi connectivity index (χ3v) is 2.41. The minimum atomic E-state index is 0.755. The Kier molecular flexibility index (Phi) is 4.33. The lowest BCUT2D eigenvalue weighted by molar-refractivity contribution is 0.773. The molecule has 0 aliphatic carbocycles. The van der Waals surface area contributed by atoms with Crippen molar-refractivity contribution in [3.8, 4) is 0 Å². The van der Waals surface area contributed by atoms with E-state index in [9.17, 15) is 0 Å². The van der Waals surface area contributed by atoms with Gasteiger partial charge in [-0.2, -0.15) is 12.6 Å². The number of rotatable bonds is 4. The van der Waals surface area contributed by atoms with E-state index in [1.807, 2.05) is 0 Å². The Balaban J connectivity index is 2.59. The van der Waals surface area contributed by atoms with Gasteiger partial charge in [0.25, 0.3) is 0 Å². The maximum Gasteiger partial charge on any atom is 0.0387 e. The minimum absolute atomic E-state index is 0.755. The van der Waals surface area contributed by atoms with Gasteiger partial charge in [0.1, 0.15) is 0 Å². The molecule has 0 saturated heterocycles. The Labute approximate surface area is 86.0 Å². The molecule has 0 spiro atoms. The van der Waals surface area contributed by atoms with Crippen LogP contribution in [0.1, 0.15) is 16.7 Å². The zero-order chi connectivity index (χ0) is 9.68. The highest BCUT2D eigenvalue weighted by Gasteiger charge is 1.97. The van der Waals surface area contributed by atoms with Crippen molar-refractivity contribution in [2.24, 2.45) is 0 Å². The third-order valence-electron chi connectivity index (χ3n) is 2.19. The fraction of sp³-hybridized carbons (Fsp3) is 0.455. The molecule has 0 aliphatic heterocycles. The van der Waals surface area contributed by atoms with Crippen LogP contribution in [0.25, 0.3) is 0 Å². The quantitative estimate of drug-likeness (QED) is 0.427. The monoisotopic (exact) mass is 195 g/mol. The molecule has 1 N–H and O–H groups in total. The van der Waals surface area contributed by atoms with E-state index >= 15 is 0 Å². The molecule has 72 valence electrons. The molecule has 0 amide bonds. The molecule has 0 saturated carbocycles. The molecule has 0 aromatic heterocycles. The van der Waals surface area contributed by atoms with Crippen molar-refractivity contribution in [2.45, 2.75) is 20.3 Å². The van der Waals surface area contributed by atoms with Crippen molar-refractivity contribution < 1.29 is 0 Å². The molecule has 0 atom stereocenters. The Morgan fingerprint density at radius 2 is 2.08 bits per heavy atom. The highest BCUT2D eigenvalue weighted by atomic mass is 32.1.